The Hall–Kier alpha value is -1.64. The highest BCUT2D eigenvalue weighted by molar-refractivity contribution is 5.18. The van der Waals surface area contributed by atoms with E-state index in [1.54, 1.807) is 15.4 Å². The molecule has 3 aliphatic rings. The summed E-state index contributed by atoms with van der Waals surface area (Å²) < 4.78 is 0. The minimum atomic E-state index is 0.805. The van der Waals surface area contributed by atoms with Crippen molar-refractivity contribution in [1.29, 1.82) is 0 Å². The van der Waals surface area contributed by atoms with Crippen LogP contribution in [0.25, 0.3) is 0 Å². The Kier molecular flexibility index (Phi) is 12.8. The Balaban J connectivity index is 1.48. The average Bonchev–Trinajstić information content (AvgIpc) is 2.82. The first-order valence-corrected chi connectivity index (χ1v) is 14.4. The van der Waals surface area contributed by atoms with Crippen molar-refractivity contribution in [2.75, 3.05) is 26.2 Å². The van der Waals surface area contributed by atoms with Crippen LogP contribution in [0.5, 0.6) is 0 Å². The standard InChI is InChI=1S/C32H50N2/c1-29-17-11-7-3-5-9-14-20-32-22-16-24-34(28-32)26-30(2)18-12-8-4-6-10-13-19-31-21-15-23-33(25-29)27-31/h5-6,9-10,15-16,21-23,28-30H,3-4,7-8,11-14,17-20,24-27H2,1-2H3/p+2. The molecule has 0 amide bonds. The second-order valence-electron chi connectivity index (χ2n) is 11.2. The fraction of sp³-hybridized carbons (Fsp3) is 0.625. The van der Waals surface area contributed by atoms with Gasteiger partial charge in [-0.05, 0) is 81.9 Å². The highest BCUT2D eigenvalue weighted by Gasteiger charge is 2.16. The lowest BCUT2D eigenvalue weighted by Crippen LogP contribution is -3.08. The summed E-state index contributed by atoms with van der Waals surface area (Å²) in [7, 11) is 0. The fourth-order valence-corrected chi connectivity index (χ4v) is 5.67. The number of fused-ring (bicyclic) bond motifs is 3. The number of nitrogens with one attached hydrogen (secondary N) is 2. The zero-order valence-electron chi connectivity index (χ0n) is 22.2. The van der Waals surface area contributed by atoms with Gasteiger partial charge in [-0.25, -0.2) is 0 Å². The van der Waals surface area contributed by atoms with Gasteiger partial charge in [0.1, 0.15) is 13.1 Å². The fourth-order valence-electron chi connectivity index (χ4n) is 5.67. The van der Waals surface area contributed by atoms with E-state index in [0.29, 0.717) is 0 Å². The molecule has 0 fully saturated rings. The van der Waals surface area contributed by atoms with E-state index in [4.69, 9.17) is 0 Å². The summed E-state index contributed by atoms with van der Waals surface area (Å²) in [5.41, 5.74) is 3.16. The molecular weight excluding hydrogens is 412 g/mol. The van der Waals surface area contributed by atoms with Crippen LogP contribution in [0.3, 0.4) is 0 Å². The summed E-state index contributed by atoms with van der Waals surface area (Å²) in [4.78, 5) is 3.30. The third-order valence-electron chi connectivity index (χ3n) is 7.64. The van der Waals surface area contributed by atoms with Crippen LogP contribution < -0.4 is 9.80 Å². The Morgan fingerprint density at radius 2 is 1.35 bits per heavy atom. The topological polar surface area (TPSA) is 8.88 Å². The summed E-state index contributed by atoms with van der Waals surface area (Å²) in [6.45, 7) is 9.82. The molecule has 0 aromatic carbocycles. The van der Waals surface area contributed by atoms with E-state index in [1.165, 1.54) is 102 Å². The molecule has 4 bridgehead atoms. The van der Waals surface area contributed by atoms with Gasteiger partial charge in [-0.15, -0.1) is 0 Å². The van der Waals surface area contributed by atoms with Crippen molar-refractivity contribution in [2.45, 2.75) is 90.9 Å². The number of quaternary nitrogens is 2. The van der Waals surface area contributed by atoms with Crippen molar-refractivity contribution in [3.05, 3.63) is 72.2 Å². The van der Waals surface area contributed by atoms with Crippen LogP contribution in [-0.2, 0) is 0 Å². The van der Waals surface area contributed by atoms with Crippen LogP contribution in [-0.4, -0.2) is 26.2 Å². The molecule has 0 radical (unpaired) electrons. The van der Waals surface area contributed by atoms with Crippen molar-refractivity contribution in [2.24, 2.45) is 11.8 Å². The van der Waals surface area contributed by atoms with Crippen molar-refractivity contribution in [3.63, 3.8) is 0 Å². The number of hydrogen-bond donors (Lipinski definition) is 2. The van der Waals surface area contributed by atoms with E-state index in [2.05, 4.69) is 74.9 Å². The van der Waals surface area contributed by atoms with Gasteiger partial charge < -0.3 is 9.80 Å². The molecule has 2 heteroatoms. The second-order valence-corrected chi connectivity index (χ2v) is 11.2. The van der Waals surface area contributed by atoms with Crippen LogP contribution in [0.4, 0.5) is 0 Å². The summed E-state index contributed by atoms with van der Waals surface area (Å²) in [6, 6.07) is 0. The van der Waals surface area contributed by atoms with Crippen molar-refractivity contribution < 1.29 is 9.80 Å². The predicted octanol–water partition coefficient (Wildman–Crippen LogP) is 5.74. The van der Waals surface area contributed by atoms with E-state index in [-0.39, 0.29) is 0 Å². The number of allylic oxidation sites excluding steroid dienone is 8. The molecule has 188 valence electrons. The molecule has 4 unspecified atom stereocenters. The number of hydrogen-bond acceptors (Lipinski definition) is 0. The highest BCUT2D eigenvalue weighted by Crippen LogP contribution is 2.13. The van der Waals surface area contributed by atoms with E-state index >= 15 is 0 Å². The Morgan fingerprint density at radius 3 is 2.09 bits per heavy atom. The van der Waals surface area contributed by atoms with E-state index < -0.39 is 0 Å². The van der Waals surface area contributed by atoms with Crippen molar-refractivity contribution >= 4 is 0 Å². The Labute approximate surface area is 210 Å². The minimum absolute atomic E-state index is 0.805. The van der Waals surface area contributed by atoms with Gasteiger partial charge in [0.15, 0.2) is 0 Å². The first-order valence-electron chi connectivity index (χ1n) is 14.4. The van der Waals surface area contributed by atoms with Gasteiger partial charge in [0.2, 0.25) is 0 Å². The summed E-state index contributed by atoms with van der Waals surface area (Å²) in [6.07, 6.45) is 39.4. The molecule has 3 aliphatic heterocycles. The zero-order valence-corrected chi connectivity index (χ0v) is 22.2. The lowest BCUT2D eigenvalue weighted by Gasteiger charge is -2.22. The molecule has 2 N–H and O–H groups in total. The molecule has 3 heterocycles. The molecule has 0 spiro atoms. The first-order chi connectivity index (χ1) is 16.7. The van der Waals surface area contributed by atoms with Crippen LogP contribution in [0, 0.1) is 11.8 Å². The average molecular weight is 465 g/mol. The summed E-state index contributed by atoms with van der Waals surface area (Å²) in [5.74, 6) is 1.61. The van der Waals surface area contributed by atoms with Gasteiger partial charge in [-0.3, -0.25) is 0 Å². The third kappa shape index (κ3) is 11.2. The molecule has 4 atom stereocenters. The SMILES string of the molecule is CC1CCCCC=CCCC2=CC=C[NH+](C2)CC(C)CCCCC=CCCC2=C[NH+](CC=C2)C1. The minimum Gasteiger partial charge on any atom is -0.305 e. The van der Waals surface area contributed by atoms with Gasteiger partial charge in [-0.2, -0.15) is 0 Å². The highest BCUT2D eigenvalue weighted by atomic mass is 15.1. The monoisotopic (exact) mass is 464 g/mol. The van der Waals surface area contributed by atoms with E-state index in [0.717, 1.165) is 18.4 Å². The lowest BCUT2D eigenvalue weighted by atomic mass is 10.00. The normalized spacial score (nSPS) is 31.0. The van der Waals surface area contributed by atoms with Gasteiger partial charge in [0.05, 0.1) is 25.5 Å². The van der Waals surface area contributed by atoms with E-state index in [1.807, 2.05) is 0 Å². The van der Waals surface area contributed by atoms with Crippen LogP contribution in [0.2, 0.25) is 0 Å². The van der Waals surface area contributed by atoms with E-state index in [9.17, 15) is 0 Å². The first kappa shape index (κ1) is 27.0. The quantitative estimate of drug-likeness (QED) is 0.423. The maximum Gasteiger partial charge on any atom is 0.103 e. The third-order valence-corrected chi connectivity index (χ3v) is 7.64. The Bertz CT molecular complexity index is 751. The van der Waals surface area contributed by atoms with Crippen LogP contribution in [0.15, 0.2) is 72.2 Å². The molecule has 0 aromatic rings. The Morgan fingerprint density at radius 1 is 0.706 bits per heavy atom. The van der Waals surface area contributed by atoms with Crippen molar-refractivity contribution in [1.82, 2.24) is 0 Å². The largest absolute Gasteiger partial charge is 0.305 e. The second kappa shape index (κ2) is 16.1. The van der Waals surface area contributed by atoms with Crippen LogP contribution >= 0.6 is 0 Å². The van der Waals surface area contributed by atoms with Crippen LogP contribution in [0.1, 0.15) is 90.9 Å². The van der Waals surface area contributed by atoms with Gasteiger partial charge in [0.25, 0.3) is 0 Å². The molecule has 0 aliphatic carbocycles. The molecule has 34 heavy (non-hydrogen) atoms. The summed E-state index contributed by atoms with van der Waals surface area (Å²) >= 11 is 0. The predicted molar refractivity (Wildman–Crippen MR) is 148 cm³/mol. The molecule has 2 nitrogen and oxygen atoms in total. The van der Waals surface area contributed by atoms with Gasteiger partial charge >= 0.3 is 0 Å². The lowest BCUT2D eigenvalue weighted by molar-refractivity contribution is -0.846. The smallest absolute Gasteiger partial charge is 0.103 e. The molecule has 0 saturated carbocycles. The summed E-state index contributed by atoms with van der Waals surface area (Å²) in [5, 5.41) is 0. The number of rotatable bonds is 0. The molecule has 0 aromatic heterocycles. The maximum absolute atomic E-state index is 2.51. The maximum atomic E-state index is 2.51. The zero-order chi connectivity index (χ0) is 23.8. The molecule has 0 saturated heterocycles. The van der Waals surface area contributed by atoms with Gasteiger partial charge in [0, 0.05) is 17.4 Å². The van der Waals surface area contributed by atoms with Crippen molar-refractivity contribution in [3.8, 4) is 0 Å². The molecular formula is C32H52N2+2. The molecule has 3 rings (SSSR count). The van der Waals surface area contributed by atoms with Gasteiger partial charge in [-0.1, -0.05) is 63.1 Å².